The molecule has 2 saturated carbocycles. The van der Waals surface area contributed by atoms with Crippen molar-refractivity contribution in [3.05, 3.63) is 101 Å². The van der Waals surface area contributed by atoms with Crippen molar-refractivity contribution < 1.29 is 14.4 Å². The number of piperazine rings is 1. The zero-order valence-electron chi connectivity index (χ0n) is 35.6. The van der Waals surface area contributed by atoms with Gasteiger partial charge in [-0.05, 0) is 98.4 Å². The maximum Gasteiger partial charge on any atom is 0.278 e. The Morgan fingerprint density at radius 2 is 1.56 bits per heavy atom. The van der Waals surface area contributed by atoms with Crippen LogP contribution in [0.5, 0.6) is 0 Å². The molecule has 328 valence electrons. The third kappa shape index (κ3) is 7.71. The summed E-state index contributed by atoms with van der Waals surface area (Å²) in [7, 11) is 0. The molecule has 5 aliphatic rings. The van der Waals surface area contributed by atoms with Crippen LogP contribution in [0.25, 0.3) is 22.1 Å². The van der Waals surface area contributed by atoms with Gasteiger partial charge in [-0.25, -0.2) is 15.0 Å². The van der Waals surface area contributed by atoms with Gasteiger partial charge < -0.3 is 25.0 Å². The summed E-state index contributed by atoms with van der Waals surface area (Å²) >= 11 is 0. The molecular weight excluding hydrogens is 811 g/mol. The molecule has 3 aromatic carbocycles. The summed E-state index contributed by atoms with van der Waals surface area (Å²) in [6, 6.07) is 24.3. The maximum atomic E-state index is 13.5. The average molecular weight is 862 g/mol. The molecule has 17 nitrogen and oxygen atoms in total. The van der Waals surface area contributed by atoms with Crippen LogP contribution in [0.3, 0.4) is 0 Å². The van der Waals surface area contributed by atoms with E-state index < -0.39 is 11.9 Å². The Morgan fingerprint density at radius 1 is 0.812 bits per heavy atom. The number of fused-ring (bicyclic) bond motifs is 2. The number of aromatic nitrogens is 7. The highest BCUT2D eigenvalue weighted by atomic mass is 16.2. The minimum absolute atomic E-state index is 0.0510. The number of imidazole rings is 1. The monoisotopic (exact) mass is 861 g/mol. The van der Waals surface area contributed by atoms with Gasteiger partial charge in [-0.2, -0.15) is 4.68 Å². The van der Waals surface area contributed by atoms with Gasteiger partial charge in [0.05, 0.1) is 18.1 Å². The van der Waals surface area contributed by atoms with E-state index in [-0.39, 0.29) is 42.3 Å². The SMILES string of the molecule is O=C1CC[C@H](n2nnc3ccc(N4CCN(C5CC6(CCN(c7ccc(Nc8ncnc9c8ncn9C8CC(NC(=O)Cc9ccccc9)C8)cc7)CC6)C5)CC4)cc3c2=O)C(=O)N1. The van der Waals surface area contributed by atoms with Crippen LogP contribution in [0.4, 0.5) is 22.9 Å². The van der Waals surface area contributed by atoms with Crippen molar-refractivity contribution in [2.45, 2.75) is 82.0 Å². The number of hydrogen-bond donors (Lipinski definition) is 3. The van der Waals surface area contributed by atoms with Crippen LogP contribution in [-0.2, 0) is 20.8 Å². The molecule has 11 rings (SSSR count). The molecule has 0 bridgehead atoms. The Balaban J connectivity index is 0.643. The maximum absolute atomic E-state index is 13.5. The summed E-state index contributed by atoms with van der Waals surface area (Å²) in [5, 5.41) is 17.6. The first-order valence-corrected chi connectivity index (χ1v) is 22.6. The molecular formula is C47H51N13O4. The molecule has 6 aromatic rings. The molecule has 1 atom stereocenters. The highest BCUT2D eigenvalue weighted by molar-refractivity contribution is 5.99. The number of hydrogen-bond acceptors (Lipinski definition) is 13. The zero-order valence-corrected chi connectivity index (χ0v) is 35.6. The van der Waals surface area contributed by atoms with Crippen molar-refractivity contribution in [3.63, 3.8) is 0 Å². The third-order valence-electron chi connectivity index (χ3n) is 14.5. The number of nitrogens with one attached hydrogen (secondary N) is 3. The number of nitrogens with zero attached hydrogens (tertiary/aromatic N) is 10. The van der Waals surface area contributed by atoms with Gasteiger partial charge in [0.2, 0.25) is 11.8 Å². The summed E-state index contributed by atoms with van der Waals surface area (Å²) in [5.41, 5.74) is 6.22. The number of benzene rings is 3. The van der Waals surface area contributed by atoms with E-state index in [9.17, 15) is 19.2 Å². The lowest BCUT2D eigenvalue weighted by molar-refractivity contribution is -0.136. The molecule has 3 aromatic heterocycles. The van der Waals surface area contributed by atoms with E-state index in [1.54, 1.807) is 6.33 Å². The summed E-state index contributed by atoms with van der Waals surface area (Å²) in [5.74, 6) is -0.129. The van der Waals surface area contributed by atoms with Gasteiger partial charge in [0, 0.05) is 80.9 Å². The highest BCUT2D eigenvalue weighted by Gasteiger charge is 2.48. The van der Waals surface area contributed by atoms with Crippen molar-refractivity contribution in [1.29, 1.82) is 0 Å². The normalized spacial score (nSPS) is 22.6. The predicted octanol–water partition coefficient (Wildman–Crippen LogP) is 4.29. The van der Waals surface area contributed by atoms with E-state index in [4.69, 9.17) is 4.98 Å². The van der Waals surface area contributed by atoms with Crippen LogP contribution in [0.15, 0.2) is 90.2 Å². The van der Waals surface area contributed by atoms with Gasteiger partial charge >= 0.3 is 0 Å². The van der Waals surface area contributed by atoms with Crippen molar-refractivity contribution in [2.24, 2.45) is 5.41 Å². The van der Waals surface area contributed by atoms with Crippen LogP contribution >= 0.6 is 0 Å². The van der Waals surface area contributed by atoms with E-state index in [0.717, 1.165) is 84.9 Å². The number of anilines is 4. The summed E-state index contributed by atoms with van der Waals surface area (Å²) < 4.78 is 3.23. The van der Waals surface area contributed by atoms with Gasteiger partial charge in [-0.15, -0.1) is 5.10 Å². The van der Waals surface area contributed by atoms with Crippen LogP contribution in [-0.4, -0.2) is 108 Å². The number of piperidine rings is 2. The molecule has 1 spiro atoms. The van der Waals surface area contributed by atoms with Crippen molar-refractivity contribution >= 4 is 62.7 Å². The van der Waals surface area contributed by atoms with E-state index >= 15 is 0 Å². The second kappa shape index (κ2) is 16.4. The van der Waals surface area contributed by atoms with E-state index in [0.29, 0.717) is 34.6 Å². The molecule has 3 N–H and O–H groups in total. The Morgan fingerprint density at radius 3 is 2.33 bits per heavy atom. The molecule has 17 heteroatoms. The van der Waals surface area contributed by atoms with Crippen LogP contribution in [0, 0.1) is 5.41 Å². The molecule has 64 heavy (non-hydrogen) atoms. The van der Waals surface area contributed by atoms with Gasteiger partial charge in [0.25, 0.3) is 11.5 Å². The largest absolute Gasteiger partial charge is 0.371 e. The number of carbonyl (C=O) groups excluding carboxylic acids is 3. The Kier molecular flexibility index (Phi) is 10.3. The molecule has 3 aliphatic heterocycles. The van der Waals surface area contributed by atoms with Gasteiger partial charge in [0.1, 0.15) is 17.9 Å². The Hall–Kier alpha value is -6.75. The molecule has 0 radical (unpaired) electrons. The lowest BCUT2D eigenvalue weighted by Crippen LogP contribution is -2.59. The van der Waals surface area contributed by atoms with E-state index in [1.165, 1.54) is 31.4 Å². The van der Waals surface area contributed by atoms with Gasteiger partial charge in [-0.1, -0.05) is 35.5 Å². The van der Waals surface area contributed by atoms with Crippen LogP contribution in [0.2, 0.25) is 0 Å². The van der Waals surface area contributed by atoms with Gasteiger partial charge in [0.15, 0.2) is 17.0 Å². The minimum Gasteiger partial charge on any atom is -0.371 e. The standard InChI is InChI=1S/C47H51N13O4/c61-40-13-12-39(45(63)53-40)60-46(64)37-25-34(10-11-38(37)54-55-60)57-18-20-58(21-19-57)36-26-47(27-36)14-16-56(17-15-47)33-8-6-31(7-9-33)52-43-42-44(49-28-48-43)59(29-50-42)35-23-32(24-35)51-41(62)22-30-4-2-1-3-5-30/h1-11,25,28-29,32,35-36,39H,12-24,26-27H2,(H,51,62)(H,48,49,52)(H,53,61,63)/t32?,35?,39-/m0/s1. The fraction of sp³-hybridized carbons (Fsp3) is 0.426. The first kappa shape index (κ1) is 40.1. The minimum atomic E-state index is -0.841. The fourth-order valence-electron chi connectivity index (χ4n) is 10.6. The molecule has 5 fully saturated rings. The number of rotatable bonds is 10. The quantitative estimate of drug-likeness (QED) is 0.166. The fourth-order valence-corrected chi connectivity index (χ4v) is 10.6. The molecule has 3 amide bonds. The smallest absolute Gasteiger partial charge is 0.278 e. The van der Waals surface area contributed by atoms with Crippen molar-refractivity contribution in [2.75, 3.05) is 54.4 Å². The first-order chi connectivity index (χ1) is 31.2. The number of imide groups is 1. The predicted molar refractivity (Wildman–Crippen MR) is 241 cm³/mol. The Labute approximate surface area is 369 Å². The summed E-state index contributed by atoms with van der Waals surface area (Å²) in [4.78, 5) is 71.5. The summed E-state index contributed by atoms with van der Waals surface area (Å²) in [6.45, 7) is 5.79. The molecule has 6 heterocycles. The summed E-state index contributed by atoms with van der Waals surface area (Å²) in [6.07, 6.45) is 10.8. The van der Waals surface area contributed by atoms with E-state index in [1.807, 2.05) is 54.9 Å². The second-order valence-electron chi connectivity index (χ2n) is 18.3. The topological polar surface area (TPSA) is 188 Å². The number of amides is 3. The lowest BCUT2D eigenvalue weighted by Gasteiger charge is -2.56. The third-order valence-corrected chi connectivity index (χ3v) is 14.5. The van der Waals surface area contributed by atoms with Crippen LogP contribution < -0.4 is 31.3 Å². The average Bonchev–Trinajstić information content (AvgIpc) is 3.72. The zero-order chi connectivity index (χ0) is 43.4. The molecule has 0 unspecified atom stereocenters. The Bertz CT molecular complexity index is 2780. The molecule has 2 aliphatic carbocycles. The second-order valence-corrected chi connectivity index (χ2v) is 18.3. The van der Waals surface area contributed by atoms with Crippen molar-refractivity contribution in [3.8, 4) is 0 Å². The lowest BCUT2D eigenvalue weighted by atomic mass is 9.60. The van der Waals surface area contributed by atoms with Gasteiger partial charge in [-0.3, -0.25) is 29.4 Å². The molecule has 3 saturated heterocycles. The first-order valence-electron chi connectivity index (χ1n) is 22.6. The van der Waals surface area contributed by atoms with Crippen molar-refractivity contribution in [1.82, 2.24) is 50.0 Å². The van der Waals surface area contributed by atoms with Crippen LogP contribution in [0.1, 0.15) is 69.0 Å². The van der Waals surface area contributed by atoms with E-state index in [2.05, 4.69) is 79.8 Å². The highest BCUT2D eigenvalue weighted by Crippen LogP contribution is 2.51. The number of carbonyl (C=O) groups is 3.